The van der Waals surface area contributed by atoms with Crippen LogP contribution in [-0.2, 0) is 24.8 Å². The second kappa shape index (κ2) is 8.81. The molecular weight excluding hydrogens is 312 g/mol. The van der Waals surface area contributed by atoms with Crippen molar-refractivity contribution >= 4 is 5.91 Å². The minimum Gasteiger partial charge on any atom is -0.337 e. The summed E-state index contributed by atoms with van der Waals surface area (Å²) in [5, 5.41) is 4.45. The summed E-state index contributed by atoms with van der Waals surface area (Å²) in [5.41, 5.74) is 4.54. The molecule has 1 aromatic heterocycles. The minimum absolute atomic E-state index is 0.202. The third-order valence-corrected chi connectivity index (χ3v) is 4.63. The van der Waals surface area contributed by atoms with E-state index in [0.29, 0.717) is 13.0 Å². The fourth-order valence-corrected chi connectivity index (χ4v) is 2.99. The summed E-state index contributed by atoms with van der Waals surface area (Å²) in [5.74, 6) is 0.202. The van der Waals surface area contributed by atoms with Gasteiger partial charge < -0.3 is 9.80 Å². The van der Waals surface area contributed by atoms with Gasteiger partial charge in [-0.25, -0.2) is 0 Å². The highest BCUT2D eigenvalue weighted by Crippen LogP contribution is 2.15. The molecule has 0 aliphatic carbocycles. The average molecular weight is 342 g/mol. The summed E-state index contributed by atoms with van der Waals surface area (Å²) in [7, 11) is 6.02. The Morgan fingerprint density at radius 1 is 1.12 bits per heavy atom. The second-order valence-corrected chi connectivity index (χ2v) is 6.88. The normalized spacial score (nSPS) is 11.1. The van der Waals surface area contributed by atoms with Crippen LogP contribution in [0.4, 0.5) is 0 Å². The fourth-order valence-electron chi connectivity index (χ4n) is 2.99. The van der Waals surface area contributed by atoms with Gasteiger partial charge in [0, 0.05) is 38.8 Å². The number of nitrogens with zero attached hydrogens (tertiary/aromatic N) is 4. The van der Waals surface area contributed by atoms with E-state index in [2.05, 4.69) is 29.1 Å². The lowest BCUT2D eigenvalue weighted by molar-refractivity contribution is -0.131. The summed E-state index contributed by atoms with van der Waals surface area (Å²) < 4.78 is 1.89. The van der Waals surface area contributed by atoms with Gasteiger partial charge in [-0.05, 0) is 45.5 Å². The Hall–Kier alpha value is -2.14. The Morgan fingerprint density at radius 2 is 1.80 bits per heavy atom. The summed E-state index contributed by atoms with van der Waals surface area (Å²) in [4.78, 5) is 16.9. The molecule has 0 unspecified atom stereocenters. The third kappa shape index (κ3) is 5.43. The molecule has 0 spiro atoms. The first kappa shape index (κ1) is 19.2. The van der Waals surface area contributed by atoms with Crippen LogP contribution in [0.3, 0.4) is 0 Å². The molecule has 0 N–H and O–H groups in total. The number of likely N-dealkylation sites (N-methyl/N-ethyl adjacent to an activating group) is 1. The second-order valence-electron chi connectivity index (χ2n) is 6.88. The van der Waals surface area contributed by atoms with E-state index < -0.39 is 0 Å². The number of carbonyl (C=O) groups is 1. The van der Waals surface area contributed by atoms with Crippen LogP contribution < -0.4 is 0 Å². The maximum Gasteiger partial charge on any atom is 0.223 e. The lowest BCUT2D eigenvalue weighted by atomic mass is 10.1. The fraction of sp³-hybridized carbons (Fsp3) is 0.500. The van der Waals surface area contributed by atoms with Crippen molar-refractivity contribution in [3.63, 3.8) is 0 Å². The first-order valence-corrected chi connectivity index (χ1v) is 8.84. The van der Waals surface area contributed by atoms with Gasteiger partial charge in [0.05, 0.1) is 5.69 Å². The number of aromatic nitrogens is 2. The van der Waals surface area contributed by atoms with Gasteiger partial charge in [-0.15, -0.1) is 0 Å². The molecule has 5 nitrogen and oxygen atoms in total. The van der Waals surface area contributed by atoms with E-state index in [-0.39, 0.29) is 5.91 Å². The van der Waals surface area contributed by atoms with Crippen molar-refractivity contribution in [1.29, 1.82) is 0 Å². The van der Waals surface area contributed by atoms with Gasteiger partial charge in [0.25, 0.3) is 0 Å². The van der Waals surface area contributed by atoms with E-state index in [9.17, 15) is 4.79 Å². The summed E-state index contributed by atoms with van der Waals surface area (Å²) in [6, 6.07) is 10.2. The van der Waals surface area contributed by atoms with Gasteiger partial charge in [0.15, 0.2) is 0 Å². The maximum absolute atomic E-state index is 12.8. The molecule has 0 saturated carbocycles. The van der Waals surface area contributed by atoms with Crippen molar-refractivity contribution in [2.75, 3.05) is 27.2 Å². The van der Waals surface area contributed by atoms with Crippen LogP contribution in [0.5, 0.6) is 0 Å². The Balaban J connectivity index is 2.03. The average Bonchev–Trinajstić information content (AvgIpc) is 2.82. The van der Waals surface area contributed by atoms with Crippen molar-refractivity contribution in [1.82, 2.24) is 19.6 Å². The molecule has 1 aromatic carbocycles. The van der Waals surface area contributed by atoms with E-state index in [0.717, 1.165) is 30.9 Å². The van der Waals surface area contributed by atoms with E-state index in [1.165, 1.54) is 11.1 Å². The van der Waals surface area contributed by atoms with Crippen LogP contribution in [0.2, 0.25) is 0 Å². The number of hydrogen-bond acceptors (Lipinski definition) is 3. The molecule has 0 aliphatic heterocycles. The van der Waals surface area contributed by atoms with E-state index in [1.54, 1.807) is 0 Å². The monoisotopic (exact) mass is 342 g/mol. The highest BCUT2D eigenvalue weighted by molar-refractivity contribution is 5.76. The Bertz CT molecular complexity index is 691. The van der Waals surface area contributed by atoms with Gasteiger partial charge in [-0.1, -0.05) is 30.3 Å². The molecule has 0 bridgehead atoms. The molecule has 0 fully saturated rings. The summed E-state index contributed by atoms with van der Waals surface area (Å²) in [6.07, 6.45) is 1.27. The summed E-state index contributed by atoms with van der Waals surface area (Å²) in [6.45, 7) is 6.35. The van der Waals surface area contributed by atoms with Crippen LogP contribution in [0.1, 0.15) is 28.9 Å². The predicted molar refractivity (Wildman–Crippen MR) is 101 cm³/mol. The number of benzene rings is 1. The van der Waals surface area contributed by atoms with Gasteiger partial charge >= 0.3 is 0 Å². The number of hydrogen-bond donors (Lipinski definition) is 0. The molecule has 1 heterocycles. The first-order valence-electron chi connectivity index (χ1n) is 8.84. The third-order valence-electron chi connectivity index (χ3n) is 4.63. The van der Waals surface area contributed by atoms with E-state index in [1.807, 2.05) is 55.8 Å². The van der Waals surface area contributed by atoms with Gasteiger partial charge in [-0.2, -0.15) is 5.10 Å². The molecule has 136 valence electrons. The maximum atomic E-state index is 12.8. The molecule has 0 atom stereocenters. The van der Waals surface area contributed by atoms with Crippen molar-refractivity contribution in [2.45, 2.75) is 33.2 Å². The zero-order valence-corrected chi connectivity index (χ0v) is 16.1. The number of amides is 1. The van der Waals surface area contributed by atoms with E-state index in [4.69, 9.17) is 0 Å². The van der Waals surface area contributed by atoms with Crippen LogP contribution in [-0.4, -0.2) is 52.7 Å². The Morgan fingerprint density at radius 3 is 2.36 bits per heavy atom. The van der Waals surface area contributed by atoms with Crippen LogP contribution >= 0.6 is 0 Å². The zero-order chi connectivity index (χ0) is 18.4. The topological polar surface area (TPSA) is 41.4 Å². The molecule has 0 aliphatic rings. The molecule has 2 aromatic rings. The lowest BCUT2D eigenvalue weighted by Gasteiger charge is -2.25. The number of aryl methyl sites for hydroxylation is 2. The minimum atomic E-state index is 0.202. The summed E-state index contributed by atoms with van der Waals surface area (Å²) >= 11 is 0. The predicted octanol–water partition coefficient (Wildman–Crippen LogP) is 2.56. The van der Waals surface area contributed by atoms with Gasteiger partial charge in [0.1, 0.15) is 0 Å². The van der Waals surface area contributed by atoms with Crippen molar-refractivity contribution in [3.05, 3.63) is 52.8 Å². The molecule has 5 heteroatoms. The van der Waals surface area contributed by atoms with Crippen molar-refractivity contribution in [2.24, 2.45) is 7.05 Å². The van der Waals surface area contributed by atoms with E-state index >= 15 is 0 Å². The van der Waals surface area contributed by atoms with Crippen LogP contribution in [0.15, 0.2) is 30.3 Å². The molecule has 25 heavy (non-hydrogen) atoms. The number of carbonyl (C=O) groups excluding carboxylic acids is 1. The van der Waals surface area contributed by atoms with Crippen molar-refractivity contribution in [3.8, 4) is 0 Å². The van der Waals surface area contributed by atoms with Crippen molar-refractivity contribution < 1.29 is 4.79 Å². The molecule has 2 rings (SSSR count). The molecule has 1 amide bonds. The Kier molecular flexibility index (Phi) is 6.76. The smallest absolute Gasteiger partial charge is 0.223 e. The quantitative estimate of drug-likeness (QED) is 0.740. The standard InChI is InChI=1S/C20H30N4O/c1-16-19(17(2)23(5)21-16)11-12-20(25)24(14-13-22(3)4)15-18-9-7-6-8-10-18/h6-10H,11-15H2,1-5H3. The van der Waals surface area contributed by atoms with Gasteiger partial charge in [-0.3, -0.25) is 9.48 Å². The lowest BCUT2D eigenvalue weighted by Crippen LogP contribution is -2.36. The van der Waals surface area contributed by atoms with Gasteiger partial charge in [0.2, 0.25) is 5.91 Å². The Labute approximate surface area is 151 Å². The van der Waals surface area contributed by atoms with Crippen LogP contribution in [0, 0.1) is 13.8 Å². The highest BCUT2D eigenvalue weighted by atomic mass is 16.2. The highest BCUT2D eigenvalue weighted by Gasteiger charge is 2.17. The SMILES string of the molecule is Cc1nn(C)c(C)c1CCC(=O)N(CCN(C)C)Cc1ccccc1. The zero-order valence-electron chi connectivity index (χ0n) is 16.1. The first-order chi connectivity index (χ1) is 11.9. The molecule has 0 radical (unpaired) electrons. The molecular formula is C20H30N4O. The number of rotatable bonds is 8. The molecule has 0 saturated heterocycles. The van der Waals surface area contributed by atoms with Crippen LogP contribution in [0.25, 0.3) is 0 Å². The largest absolute Gasteiger partial charge is 0.337 e.